The van der Waals surface area contributed by atoms with Gasteiger partial charge in [-0.3, -0.25) is 14.5 Å². The van der Waals surface area contributed by atoms with Crippen LogP contribution in [0.25, 0.3) is 0 Å². The van der Waals surface area contributed by atoms with Gasteiger partial charge in [0.25, 0.3) is 5.91 Å². The first-order valence-corrected chi connectivity index (χ1v) is 9.78. The van der Waals surface area contributed by atoms with Crippen molar-refractivity contribution in [2.45, 2.75) is 25.7 Å². The number of nitrogens with zero attached hydrogens (tertiary/aromatic N) is 3. The SMILES string of the molecule is O=C(COc1ccc(F)cc1)N1CCN(CC(=O)N2CCCCCC2)CC1. The Morgan fingerprint density at radius 2 is 1.41 bits per heavy atom. The van der Waals surface area contributed by atoms with Crippen LogP contribution in [-0.2, 0) is 9.59 Å². The highest BCUT2D eigenvalue weighted by molar-refractivity contribution is 5.79. The van der Waals surface area contributed by atoms with Crippen molar-refractivity contribution in [3.8, 4) is 5.75 Å². The lowest BCUT2D eigenvalue weighted by molar-refractivity contribution is -0.136. The molecular formula is C20H28FN3O3. The summed E-state index contributed by atoms with van der Waals surface area (Å²) in [7, 11) is 0. The number of carbonyl (C=O) groups is 2. The number of ether oxygens (including phenoxy) is 1. The fraction of sp³-hybridized carbons (Fsp3) is 0.600. The van der Waals surface area contributed by atoms with Crippen molar-refractivity contribution in [3.05, 3.63) is 30.1 Å². The first-order valence-electron chi connectivity index (χ1n) is 9.78. The summed E-state index contributed by atoms with van der Waals surface area (Å²) in [4.78, 5) is 30.6. The minimum atomic E-state index is -0.334. The Kier molecular flexibility index (Phi) is 7.04. The molecule has 0 bridgehead atoms. The molecule has 0 radical (unpaired) electrons. The summed E-state index contributed by atoms with van der Waals surface area (Å²) in [5, 5.41) is 0. The fourth-order valence-electron chi connectivity index (χ4n) is 3.53. The van der Waals surface area contributed by atoms with E-state index in [2.05, 4.69) is 4.90 Å². The van der Waals surface area contributed by atoms with Gasteiger partial charge in [0.15, 0.2) is 6.61 Å². The molecule has 3 rings (SSSR count). The standard InChI is InChI=1S/C20H28FN3O3/c21-17-5-7-18(8-6-17)27-16-20(26)24-13-11-22(12-14-24)15-19(25)23-9-3-1-2-4-10-23/h5-8H,1-4,9-16H2. The van der Waals surface area contributed by atoms with Gasteiger partial charge >= 0.3 is 0 Å². The minimum absolute atomic E-state index is 0.0572. The van der Waals surface area contributed by atoms with Crippen LogP contribution in [0.15, 0.2) is 24.3 Å². The highest BCUT2D eigenvalue weighted by atomic mass is 19.1. The lowest BCUT2D eigenvalue weighted by Gasteiger charge is -2.35. The number of carbonyl (C=O) groups excluding carboxylic acids is 2. The zero-order valence-electron chi connectivity index (χ0n) is 15.7. The first-order chi connectivity index (χ1) is 13.1. The van der Waals surface area contributed by atoms with Crippen LogP contribution in [0.1, 0.15) is 25.7 Å². The molecule has 0 saturated carbocycles. The zero-order valence-corrected chi connectivity index (χ0v) is 15.7. The van der Waals surface area contributed by atoms with Gasteiger partial charge in [-0.05, 0) is 37.1 Å². The van der Waals surface area contributed by atoms with E-state index < -0.39 is 0 Å². The van der Waals surface area contributed by atoms with Gasteiger partial charge in [0.1, 0.15) is 11.6 Å². The third-order valence-corrected chi connectivity index (χ3v) is 5.22. The summed E-state index contributed by atoms with van der Waals surface area (Å²) in [6.07, 6.45) is 4.62. The van der Waals surface area contributed by atoms with Crippen LogP contribution in [0.4, 0.5) is 4.39 Å². The molecule has 2 aliphatic heterocycles. The molecule has 148 valence electrons. The van der Waals surface area contributed by atoms with E-state index in [-0.39, 0.29) is 24.2 Å². The molecule has 2 saturated heterocycles. The summed E-state index contributed by atoms with van der Waals surface area (Å²) in [5.74, 6) is 0.264. The number of halogens is 1. The summed E-state index contributed by atoms with van der Waals surface area (Å²) in [6, 6.07) is 5.63. The number of benzene rings is 1. The molecule has 1 aromatic rings. The summed E-state index contributed by atoms with van der Waals surface area (Å²) < 4.78 is 18.3. The molecule has 0 unspecified atom stereocenters. The lowest BCUT2D eigenvalue weighted by Crippen LogP contribution is -2.52. The largest absolute Gasteiger partial charge is 0.484 e. The minimum Gasteiger partial charge on any atom is -0.484 e. The van der Waals surface area contributed by atoms with Crippen molar-refractivity contribution in [1.29, 1.82) is 0 Å². The number of likely N-dealkylation sites (tertiary alicyclic amines) is 1. The maximum Gasteiger partial charge on any atom is 0.260 e. The number of hydrogen-bond acceptors (Lipinski definition) is 4. The molecule has 7 heteroatoms. The highest BCUT2D eigenvalue weighted by Gasteiger charge is 2.24. The molecule has 2 amide bonds. The van der Waals surface area contributed by atoms with Gasteiger partial charge in [-0.2, -0.15) is 0 Å². The number of amides is 2. The maximum atomic E-state index is 12.9. The van der Waals surface area contributed by atoms with Crippen LogP contribution in [0.3, 0.4) is 0 Å². The van der Waals surface area contributed by atoms with Crippen LogP contribution in [0.2, 0.25) is 0 Å². The van der Waals surface area contributed by atoms with Crippen molar-refractivity contribution in [3.63, 3.8) is 0 Å². The second-order valence-electron chi connectivity index (χ2n) is 7.19. The van der Waals surface area contributed by atoms with Gasteiger partial charge in [0.05, 0.1) is 6.54 Å². The monoisotopic (exact) mass is 377 g/mol. The Hall–Kier alpha value is -2.15. The Balaban J connectivity index is 1.38. The van der Waals surface area contributed by atoms with Crippen molar-refractivity contribution >= 4 is 11.8 Å². The molecular weight excluding hydrogens is 349 g/mol. The summed E-state index contributed by atoms with van der Waals surface area (Å²) >= 11 is 0. The van der Waals surface area contributed by atoms with E-state index in [1.165, 1.54) is 37.1 Å². The van der Waals surface area contributed by atoms with Crippen LogP contribution in [-0.4, -0.2) is 78.9 Å². The van der Waals surface area contributed by atoms with Gasteiger partial charge in [-0.25, -0.2) is 4.39 Å². The Morgan fingerprint density at radius 3 is 2.04 bits per heavy atom. The van der Waals surface area contributed by atoms with Gasteiger partial charge < -0.3 is 14.5 Å². The molecule has 0 N–H and O–H groups in total. The smallest absolute Gasteiger partial charge is 0.260 e. The topological polar surface area (TPSA) is 53.1 Å². The number of piperazine rings is 1. The second-order valence-corrected chi connectivity index (χ2v) is 7.19. The molecule has 1 aromatic carbocycles. The van der Waals surface area contributed by atoms with E-state index in [1.807, 2.05) is 4.90 Å². The predicted octanol–water partition coefficient (Wildman–Crippen LogP) is 1.75. The van der Waals surface area contributed by atoms with Gasteiger partial charge in [-0.15, -0.1) is 0 Å². The third-order valence-electron chi connectivity index (χ3n) is 5.22. The van der Waals surface area contributed by atoms with Crippen molar-refractivity contribution in [2.24, 2.45) is 0 Å². The molecule has 2 heterocycles. The Bertz CT molecular complexity index is 622. The van der Waals surface area contributed by atoms with Gasteiger partial charge in [0.2, 0.25) is 5.91 Å². The number of hydrogen-bond donors (Lipinski definition) is 0. The van der Waals surface area contributed by atoms with E-state index >= 15 is 0 Å². The van der Waals surface area contributed by atoms with Crippen LogP contribution in [0, 0.1) is 5.82 Å². The molecule has 2 fully saturated rings. The van der Waals surface area contributed by atoms with E-state index in [0.717, 1.165) is 25.9 Å². The van der Waals surface area contributed by atoms with E-state index in [9.17, 15) is 14.0 Å². The number of rotatable bonds is 5. The second kappa shape index (κ2) is 9.69. The average Bonchev–Trinajstić information content (AvgIpc) is 2.97. The molecule has 27 heavy (non-hydrogen) atoms. The van der Waals surface area contributed by atoms with Crippen molar-refractivity contribution < 1.29 is 18.7 Å². The fourth-order valence-corrected chi connectivity index (χ4v) is 3.53. The molecule has 0 spiro atoms. The van der Waals surface area contributed by atoms with Crippen LogP contribution < -0.4 is 4.74 Å². The molecule has 0 aliphatic carbocycles. The Morgan fingerprint density at radius 1 is 0.815 bits per heavy atom. The molecule has 0 aromatic heterocycles. The predicted molar refractivity (Wildman–Crippen MR) is 100.0 cm³/mol. The average molecular weight is 377 g/mol. The summed E-state index contributed by atoms with van der Waals surface area (Å²) in [5.41, 5.74) is 0. The lowest BCUT2D eigenvalue weighted by atomic mass is 10.2. The summed E-state index contributed by atoms with van der Waals surface area (Å²) in [6.45, 7) is 4.71. The Labute approximate surface area is 159 Å². The quantitative estimate of drug-likeness (QED) is 0.785. The first kappa shape index (κ1) is 19.6. The van der Waals surface area contributed by atoms with E-state index in [0.29, 0.717) is 38.5 Å². The highest BCUT2D eigenvalue weighted by Crippen LogP contribution is 2.13. The van der Waals surface area contributed by atoms with Gasteiger partial charge in [0, 0.05) is 39.3 Å². The normalized spacial score (nSPS) is 18.9. The van der Waals surface area contributed by atoms with Crippen molar-refractivity contribution in [1.82, 2.24) is 14.7 Å². The van der Waals surface area contributed by atoms with Gasteiger partial charge in [-0.1, -0.05) is 12.8 Å². The van der Waals surface area contributed by atoms with Crippen LogP contribution in [0.5, 0.6) is 5.75 Å². The van der Waals surface area contributed by atoms with E-state index in [1.54, 1.807) is 4.90 Å². The molecule has 0 atom stereocenters. The van der Waals surface area contributed by atoms with Crippen LogP contribution >= 0.6 is 0 Å². The molecule has 2 aliphatic rings. The van der Waals surface area contributed by atoms with E-state index in [4.69, 9.17) is 4.74 Å². The maximum absolute atomic E-state index is 12.9. The van der Waals surface area contributed by atoms with Crippen molar-refractivity contribution in [2.75, 3.05) is 52.4 Å². The zero-order chi connectivity index (χ0) is 19.1. The third kappa shape index (κ3) is 5.92. The molecule has 6 nitrogen and oxygen atoms in total.